The van der Waals surface area contributed by atoms with Gasteiger partial charge in [-0.2, -0.15) is 0 Å². The van der Waals surface area contributed by atoms with Crippen LogP contribution in [0.4, 0.5) is 5.00 Å². The SMILES string of the molecule is CCOC(=O)c1sc(NC(=O)C(C)Sc2nnc(CNC(=O)c3cccc(C)c3)n2Cc2ccccc2)c(C(=O)OCC)c1C. The number of thiophene rings is 1. The summed E-state index contributed by atoms with van der Waals surface area (Å²) in [7, 11) is 0. The molecule has 2 aromatic heterocycles. The summed E-state index contributed by atoms with van der Waals surface area (Å²) in [6.45, 7) is 9.46. The molecule has 0 aliphatic heterocycles. The Labute approximate surface area is 269 Å². The van der Waals surface area contributed by atoms with Gasteiger partial charge in [-0.15, -0.1) is 21.5 Å². The Morgan fingerprint density at radius 1 is 0.956 bits per heavy atom. The zero-order valence-corrected chi connectivity index (χ0v) is 27.3. The average molecular weight is 650 g/mol. The smallest absolute Gasteiger partial charge is 0.348 e. The van der Waals surface area contributed by atoms with Crippen molar-refractivity contribution in [2.75, 3.05) is 18.5 Å². The molecule has 2 aromatic carbocycles. The lowest BCUT2D eigenvalue weighted by molar-refractivity contribution is -0.115. The number of nitrogens with zero attached hydrogens (tertiary/aromatic N) is 3. The number of hydrogen-bond acceptors (Lipinski definition) is 10. The molecule has 13 heteroatoms. The summed E-state index contributed by atoms with van der Waals surface area (Å²) in [5.41, 5.74) is 3.01. The van der Waals surface area contributed by atoms with E-state index in [-0.39, 0.29) is 41.1 Å². The van der Waals surface area contributed by atoms with Gasteiger partial charge in [-0.3, -0.25) is 9.59 Å². The number of anilines is 1. The number of aryl methyl sites for hydroxylation is 1. The molecule has 1 unspecified atom stereocenters. The summed E-state index contributed by atoms with van der Waals surface area (Å²) >= 11 is 2.15. The van der Waals surface area contributed by atoms with Crippen LogP contribution < -0.4 is 10.6 Å². The second kappa shape index (κ2) is 15.5. The van der Waals surface area contributed by atoms with Crippen molar-refractivity contribution in [3.05, 3.63) is 93.1 Å². The number of benzene rings is 2. The predicted octanol–water partition coefficient (Wildman–Crippen LogP) is 5.41. The molecule has 0 radical (unpaired) electrons. The van der Waals surface area contributed by atoms with Crippen LogP contribution in [0, 0.1) is 13.8 Å². The number of thioether (sulfide) groups is 1. The maximum Gasteiger partial charge on any atom is 0.348 e. The topological polar surface area (TPSA) is 142 Å². The molecule has 2 N–H and O–H groups in total. The van der Waals surface area contributed by atoms with E-state index in [2.05, 4.69) is 20.8 Å². The number of aromatic nitrogens is 3. The van der Waals surface area contributed by atoms with Crippen LogP contribution in [0.25, 0.3) is 0 Å². The molecular weight excluding hydrogens is 615 g/mol. The first-order valence-corrected chi connectivity index (χ1v) is 16.1. The van der Waals surface area contributed by atoms with Crippen molar-refractivity contribution in [1.82, 2.24) is 20.1 Å². The van der Waals surface area contributed by atoms with E-state index < -0.39 is 23.1 Å². The van der Waals surface area contributed by atoms with Crippen LogP contribution in [-0.2, 0) is 27.4 Å². The molecule has 236 valence electrons. The number of esters is 2. The lowest BCUT2D eigenvalue weighted by Gasteiger charge is -2.14. The van der Waals surface area contributed by atoms with E-state index in [9.17, 15) is 19.2 Å². The van der Waals surface area contributed by atoms with Gasteiger partial charge in [-0.1, -0.05) is 59.8 Å². The van der Waals surface area contributed by atoms with E-state index in [1.165, 1.54) is 11.8 Å². The number of rotatable bonds is 13. The van der Waals surface area contributed by atoms with Crippen LogP contribution >= 0.6 is 23.1 Å². The highest BCUT2D eigenvalue weighted by molar-refractivity contribution is 8.00. The van der Waals surface area contributed by atoms with Gasteiger partial charge in [0, 0.05) is 5.56 Å². The van der Waals surface area contributed by atoms with E-state index >= 15 is 0 Å². The second-order valence-electron chi connectivity index (χ2n) is 9.97. The first-order chi connectivity index (χ1) is 21.6. The number of carbonyl (C=O) groups is 4. The van der Waals surface area contributed by atoms with Gasteiger partial charge in [0.05, 0.1) is 37.1 Å². The largest absolute Gasteiger partial charge is 0.462 e. The molecule has 45 heavy (non-hydrogen) atoms. The average Bonchev–Trinajstić information content (AvgIpc) is 3.55. The third-order valence-electron chi connectivity index (χ3n) is 6.64. The van der Waals surface area contributed by atoms with E-state index in [4.69, 9.17) is 9.47 Å². The minimum absolute atomic E-state index is 0.120. The van der Waals surface area contributed by atoms with E-state index in [0.717, 1.165) is 22.5 Å². The van der Waals surface area contributed by atoms with Crippen molar-refractivity contribution in [2.24, 2.45) is 0 Å². The standard InChI is InChI=1S/C32H35N5O6S2/c1-6-42-30(40)25-20(4)26(31(41)43-7-2)45-29(25)34-27(38)21(5)44-32-36-35-24(37(32)18-22-13-9-8-10-14-22)17-33-28(39)23-15-11-12-19(3)16-23/h8-16,21H,6-7,17-18H2,1-5H3,(H,33,39)(H,34,38). The van der Waals surface area contributed by atoms with Crippen LogP contribution in [0.1, 0.15) is 73.7 Å². The maximum absolute atomic E-state index is 13.4. The highest BCUT2D eigenvalue weighted by atomic mass is 32.2. The first-order valence-electron chi connectivity index (χ1n) is 14.4. The van der Waals surface area contributed by atoms with Crippen LogP contribution in [-0.4, -0.2) is 57.0 Å². The Hall–Kier alpha value is -4.49. The Morgan fingerprint density at radius 2 is 1.67 bits per heavy atom. The number of hydrogen-bond donors (Lipinski definition) is 2. The third-order valence-corrected chi connectivity index (χ3v) is 8.91. The van der Waals surface area contributed by atoms with Gasteiger partial charge in [0.2, 0.25) is 5.91 Å². The molecule has 0 fully saturated rings. The van der Waals surface area contributed by atoms with Gasteiger partial charge in [0.1, 0.15) is 9.88 Å². The van der Waals surface area contributed by atoms with Gasteiger partial charge in [-0.05, 0) is 57.9 Å². The fourth-order valence-corrected chi connectivity index (χ4v) is 6.34. The number of ether oxygens (including phenoxy) is 2. The molecule has 1 atom stereocenters. The molecule has 4 aromatic rings. The number of nitrogens with one attached hydrogen (secondary N) is 2. The lowest BCUT2D eigenvalue weighted by atomic mass is 10.1. The Kier molecular flexibility index (Phi) is 11.5. The molecular formula is C32H35N5O6S2. The predicted molar refractivity (Wildman–Crippen MR) is 173 cm³/mol. The molecule has 2 heterocycles. The van der Waals surface area contributed by atoms with Gasteiger partial charge < -0.3 is 24.7 Å². The number of amides is 2. The fourth-order valence-electron chi connectivity index (χ4n) is 4.38. The lowest BCUT2D eigenvalue weighted by Crippen LogP contribution is -2.25. The minimum atomic E-state index is -0.679. The quantitative estimate of drug-likeness (QED) is 0.144. The summed E-state index contributed by atoms with van der Waals surface area (Å²) in [5, 5.41) is 14.4. The van der Waals surface area contributed by atoms with Crippen molar-refractivity contribution in [1.29, 1.82) is 0 Å². The zero-order valence-electron chi connectivity index (χ0n) is 25.7. The Morgan fingerprint density at radius 3 is 2.36 bits per heavy atom. The normalized spacial score (nSPS) is 11.5. The number of carbonyl (C=O) groups excluding carboxylic acids is 4. The monoisotopic (exact) mass is 649 g/mol. The summed E-state index contributed by atoms with van der Waals surface area (Å²) in [5.74, 6) is -1.35. The Balaban J connectivity index is 1.55. The molecule has 0 saturated carbocycles. The maximum atomic E-state index is 13.4. The molecule has 0 bridgehead atoms. The van der Waals surface area contributed by atoms with Crippen molar-refractivity contribution in [2.45, 2.75) is 58.1 Å². The van der Waals surface area contributed by atoms with Crippen LogP contribution in [0.5, 0.6) is 0 Å². The van der Waals surface area contributed by atoms with Crippen LogP contribution in [0.2, 0.25) is 0 Å². The van der Waals surface area contributed by atoms with Crippen molar-refractivity contribution >= 4 is 51.9 Å². The van der Waals surface area contributed by atoms with Gasteiger partial charge >= 0.3 is 11.9 Å². The summed E-state index contributed by atoms with van der Waals surface area (Å²) in [6, 6.07) is 17.0. The van der Waals surface area contributed by atoms with E-state index in [1.54, 1.807) is 33.8 Å². The van der Waals surface area contributed by atoms with Gasteiger partial charge in [0.15, 0.2) is 11.0 Å². The highest BCUT2D eigenvalue weighted by Crippen LogP contribution is 2.35. The molecule has 0 aliphatic rings. The van der Waals surface area contributed by atoms with Crippen molar-refractivity contribution < 1.29 is 28.7 Å². The summed E-state index contributed by atoms with van der Waals surface area (Å²) in [4.78, 5) is 51.8. The molecule has 0 spiro atoms. The summed E-state index contributed by atoms with van der Waals surface area (Å²) in [6.07, 6.45) is 0. The second-order valence-corrected chi connectivity index (χ2v) is 12.3. The van der Waals surface area contributed by atoms with Gasteiger partial charge in [-0.25, -0.2) is 9.59 Å². The molecule has 2 amide bonds. The Bertz CT molecular complexity index is 1680. The van der Waals surface area contributed by atoms with Crippen molar-refractivity contribution in [3.8, 4) is 0 Å². The third kappa shape index (κ3) is 8.37. The van der Waals surface area contributed by atoms with E-state index in [1.807, 2.05) is 60.0 Å². The molecule has 11 nitrogen and oxygen atoms in total. The van der Waals surface area contributed by atoms with Crippen LogP contribution in [0.3, 0.4) is 0 Å². The summed E-state index contributed by atoms with van der Waals surface area (Å²) < 4.78 is 12.2. The van der Waals surface area contributed by atoms with Crippen molar-refractivity contribution in [3.63, 3.8) is 0 Å². The highest BCUT2D eigenvalue weighted by Gasteiger charge is 2.29. The zero-order chi connectivity index (χ0) is 32.5. The fraction of sp³-hybridized carbons (Fsp3) is 0.312. The van der Waals surface area contributed by atoms with Crippen LogP contribution in [0.15, 0.2) is 59.8 Å². The molecule has 0 aliphatic carbocycles. The van der Waals surface area contributed by atoms with E-state index in [0.29, 0.717) is 28.7 Å². The molecule has 4 rings (SSSR count). The molecule has 0 saturated heterocycles. The van der Waals surface area contributed by atoms with Gasteiger partial charge in [0.25, 0.3) is 5.91 Å². The first kappa shape index (κ1) is 33.4. The minimum Gasteiger partial charge on any atom is -0.462 e.